The van der Waals surface area contributed by atoms with Gasteiger partial charge in [0.25, 0.3) is 5.91 Å². The van der Waals surface area contributed by atoms with E-state index in [0.717, 1.165) is 18.2 Å². The van der Waals surface area contributed by atoms with Crippen LogP contribution in [0.1, 0.15) is 15.9 Å². The van der Waals surface area contributed by atoms with E-state index in [0.29, 0.717) is 5.56 Å². The van der Waals surface area contributed by atoms with Gasteiger partial charge in [-0.25, -0.2) is 8.78 Å². The van der Waals surface area contributed by atoms with E-state index in [1.807, 2.05) is 6.07 Å². The predicted molar refractivity (Wildman–Crippen MR) is 70.5 cm³/mol. The zero-order valence-corrected chi connectivity index (χ0v) is 10.7. The Labute approximate surface area is 118 Å². The highest BCUT2D eigenvalue weighted by molar-refractivity contribution is 6.34. The number of hydrogen-bond acceptors (Lipinski definition) is 2. The van der Waals surface area contributed by atoms with Crippen LogP contribution in [0.2, 0.25) is 5.02 Å². The zero-order chi connectivity index (χ0) is 14.7. The number of anilines is 1. The Kier molecular flexibility index (Phi) is 3.97. The van der Waals surface area contributed by atoms with Crippen LogP contribution in [0.5, 0.6) is 0 Å². The maximum atomic E-state index is 13.4. The van der Waals surface area contributed by atoms with Crippen LogP contribution in [0.4, 0.5) is 14.5 Å². The van der Waals surface area contributed by atoms with Crippen molar-refractivity contribution in [1.82, 2.24) is 0 Å². The summed E-state index contributed by atoms with van der Waals surface area (Å²) in [6.07, 6.45) is 0. The van der Waals surface area contributed by atoms with Crippen molar-refractivity contribution in [3.8, 4) is 6.07 Å². The molecule has 2 rings (SSSR count). The summed E-state index contributed by atoms with van der Waals surface area (Å²) in [7, 11) is 0. The first-order valence-corrected chi connectivity index (χ1v) is 5.85. The van der Waals surface area contributed by atoms with Crippen molar-refractivity contribution in [2.75, 3.05) is 5.32 Å². The largest absolute Gasteiger partial charge is 0.321 e. The van der Waals surface area contributed by atoms with Crippen LogP contribution in [0.25, 0.3) is 0 Å². The second-order valence-electron chi connectivity index (χ2n) is 3.88. The summed E-state index contributed by atoms with van der Waals surface area (Å²) in [5, 5.41) is 11.2. The molecule has 6 heteroatoms. The number of benzene rings is 2. The van der Waals surface area contributed by atoms with Crippen LogP contribution in [-0.4, -0.2) is 5.91 Å². The number of halogens is 3. The fraction of sp³-hybridized carbons (Fsp3) is 0. The van der Waals surface area contributed by atoms with Gasteiger partial charge in [-0.1, -0.05) is 11.6 Å². The van der Waals surface area contributed by atoms with Crippen molar-refractivity contribution < 1.29 is 13.6 Å². The number of carbonyl (C=O) groups is 1. The molecule has 2 aromatic rings. The molecule has 0 spiro atoms. The average molecular weight is 293 g/mol. The summed E-state index contributed by atoms with van der Waals surface area (Å²) < 4.78 is 26.5. The molecule has 0 fully saturated rings. The summed E-state index contributed by atoms with van der Waals surface area (Å²) in [5.74, 6) is -2.38. The monoisotopic (exact) mass is 292 g/mol. The number of nitriles is 1. The lowest BCUT2D eigenvalue weighted by atomic mass is 10.1. The Bertz CT molecular complexity index is 726. The molecular weight excluding hydrogens is 286 g/mol. The molecule has 0 aliphatic carbocycles. The van der Waals surface area contributed by atoms with E-state index in [1.165, 1.54) is 18.2 Å². The number of rotatable bonds is 2. The van der Waals surface area contributed by atoms with E-state index in [1.54, 1.807) is 0 Å². The molecule has 0 unspecified atom stereocenters. The quantitative estimate of drug-likeness (QED) is 0.916. The Balaban J connectivity index is 2.28. The number of hydrogen-bond donors (Lipinski definition) is 1. The minimum absolute atomic E-state index is 0.134. The first-order chi connectivity index (χ1) is 9.51. The number of amides is 1. The highest BCUT2D eigenvalue weighted by Gasteiger charge is 2.14. The van der Waals surface area contributed by atoms with Gasteiger partial charge in [0.05, 0.1) is 27.9 Å². The van der Waals surface area contributed by atoms with E-state index >= 15 is 0 Å². The van der Waals surface area contributed by atoms with Crippen LogP contribution in [-0.2, 0) is 0 Å². The van der Waals surface area contributed by atoms with Gasteiger partial charge >= 0.3 is 0 Å². The van der Waals surface area contributed by atoms with Gasteiger partial charge < -0.3 is 5.32 Å². The standard InChI is InChI=1S/C14H7ClF2N2O/c15-11-5-8(7-18)1-4-13(11)19-14(20)10-6-9(16)2-3-12(10)17/h1-6H,(H,19,20). The van der Waals surface area contributed by atoms with Crippen molar-refractivity contribution in [2.45, 2.75) is 0 Å². The molecule has 0 bridgehead atoms. The highest BCUT2D eigenvalue weighted by atomic mass is 35.5. The van der Waals surface area contributed by atoms with Crippen molar-refractivity contribution in [3.63, 3.8) is 0 Å². The number of carbonyl (C=O) groups excluding carboxylic acids is 1. The SMILES string of the molecule is N#Cc1ccc(NC(=O)c2cc(F)ccc2F)c(Cl)c1. The molecule has 1 N–H and O–H groups in total. The highest BCUT2D eigenvalue weighted by Crippen LogP contribution is 2.23. The Morgan fingerprint density at radius 2 is 1.95 bits per heavy atom. The van der Waals surface area contributed by atoms with Crippen molar-refractivity contribution in [2.24, 2.45) is 0 Å². The summed E-state index contributed by atoms with van der Waals surface area (Å²) in [6, 6.07) is 8.69. The Morgan fingerprint density at radius 1 is 1.20 bits per heavy atom. The summed E-state index contributed by atoms with van der Waals surface area (Å²) in [5.41, 5.74) is 0.106. The third kappa shape index (κ3) is 2.92. The van der Waals surface area contributed by atoms with Gasteiger partial charge in [-0.2, -0.15) is 5.26 Å². The average Bonchev–Trinajstić information content (AvgIpc) is 2.43. The van der Waals surface area contributed by atoms with Crippen LogP contribution < -0.4 is 5.32 Å². The van der Waals surface area contributed by atoms with Gasteiger partial charge in [-0.3, -0.25) is 4.79 Å². The van der Waals surface area contributed by atoms with E-state index < -0.39 is 23.1 Å². The molecule has 0 heterocycles. The van der Waals surface area contributed by atoms with Gasteiger partial charge in [-0.15, -0.1) is 0 Å². The molecule has 2 aromatic carbocycles. The molecule has 0 radical (unpaired) electrons. The Hall–Kier alpha value is -2.45. The second-order valence-corrected chi connectivity index (χ2v) is 4.29. The van der Waals surface area contributed by atoms with Crippen molar-refractivity contribution in [3.05, 3.63) is 64.2 Å². The smallest absolute Gasteiger partial charge is 0.258 e. The van der Waals surface area contributed by atoms with Gasteiger partial charge in [0.2, 0.25) is 0 Å². The third-order valence-corrected chi connectivity index (χ3v) is 2.83. The third-order valence-electron chi connectivity index (χ3n) is 2.52. The second kappa shape index (κ2) is 5.68. The normalized spacial score (nSPS) is 9.90. The molecule has 100 valence electrons. The topological polar surface area (TPSA) is 52.9 Å². The lowest BCUT2D eigenvalue weighted by molar-refractivity contribution is 0.102. The van der Waals surface area contributed by atoms with Crippen LogP contribution in [0.15, 0.2) is 36.4 Å². The van der Waals surface area contributed by atoms with Gasteiger partial charge in [0.1, 0.15) is 11.6 Å². The van der Waals surface area contributed by atoms with Crippen molar-refractivity contribution >= 4 is 23.2 Å². The molecular formula is C14H7ClF2N2O. The van der Waals surface area contributed by atoms with Crippen molar-refractivity contribution in [1.29, 1.82) is 5.26 Å². The van der Waals surface area contributed by atoms with E-state index in [2.05, 4.69) is 5.32 Å². The molecule has 0 saturated carbocycles. The lowest BCUT2D eigenvalue weighted by Crippen LogP contribution is -2.14. The molecule has 0 aliphatic rings. The fourth-order valence-electron chi connectivity index (χ4n) is 1.55. The molecule has 3 nitrogen and oxygen atoms in total. The molecule has 0 aromatic heterocycles. The summed E-state index contributed by atoms with van der Waals surface area (Å²) >= 11 is 5.88. The molecule has 0 saturated heterocycles. The van der Waals surface area contributed by atoms with E-state index in [9.17, 15) is 13.6 Å². The lowest BCUT2D eigenvalue weighted by Gasteiger charge is -2.08. The first kappa shape index (κ1) is 14.0. The summed E-state index contributed by atoms with van der Waals surface area (Å²) in [4.78, 5) is 11.9. The maximum Gasteiger partial charge on any atom is 0.258 e. The fourth-order valence-corrected chi connectivity index (χ4v) is 1.77. The minimum Gasteiger partial charge on any atom is -0.321 e. The number of nitrogens with one attached hydrogen (secondary N) is 1. The van der Waals surface area contributed by atoms with Gasteiger partial charge in [0.15, 0.2) is 0 Å². The minimum atomic E-state index is -0.839. The summed E-state index contributed by atoms with van der Waals surface area (Å²) in [6.45, 7) is 0. The predicted octanol–water partition coefficient (Wildman–Crippen LogP) is 3.74. The first-order valence-electron chi connectivity index (χ1n) is 5.47. The maximum absolute atomic E-state index is 13.4. The molecule has 1 amide bonds. The van der Waals surface area contributed by atoms with Gasteiger partial charge in [-0.05, 0) is 36.4 Å². The number of nitrogens with zero attached hydrogens (tertiary/aromatic N) is 1. The van der Waals surface area contributed by atoms with Gasteiger partial charge in [0, 0.05) is 0 Å². The van der Waals surface area contributed by atoms with E-state index in [4.69, 9.17) is 16.9 Å². The van der Waals surface area contributed by atoms with E-state index in [-0.39, 0.29) is 10.7 Å². The zero-order valence-electron chi connectivity index (χ0n) is 9.95. The molecule has 0 aliphatic heterocycles. The Morgan fingerprint density at radius 3 is 2.60 bits per heavy atom. The van der Waals surface area contributed by atoms with Crippen LogP contribution in [0.3, 0.4) is 0 Å². The molecule has 0 atom stereocenters. The van der Waals surface area contributed by atoms with Crippen LogP contribution >= 0.6 is 11.6 Å². The molecule has 20 heavy (non-hydrogen) atoms. The van der Waals surface area contributed by atoms with Crippen LogP contribution in [0, 0.1) is 23.0 Å².